The van der Waals surface area contributed by atoms with Crippen LogP contribution in [0, 0.1) is 0 Å². The van der Waals surface area contributed by atoms with Crippen LogP contribution in [0.2, 0.25) is 0 Å². The quantitative estimate of drug-likeness (QED) is 0.702. The number of halogens is 1. The molecule has 8 heteroatoms. The smallest absolute Gasteiger partial charge is 0.354 e. The van der Waals surface area contributed by atoms with Crippen LogP contribution in [0.4, 0.5) is 0 Å². The number of H-pyrrole nitrogens is 1. The molecule has 1 aliphatic heterocycles. The van der Waals surface area contributed by atoms with Crippen molar-refractivity contribution in [3.8, 4) is 5.75 Å². The van der Waals surface area contributed by atoms with Gasteiger partial charge in [0.2, 0.25) is 0 Å². The average molecular weight is 367 g/mol. The van der Waals surface area contributed by atoms with E-state index in [0.29, 0.717) is 28.2 Å². The van der Waals surface area contributed by atoms with E-state index in [1.54, 1.807) is 12.1 Å². The van der Waals surface area contributed by atoms with Gasteiger partial charge in [0.15, 0.2) is 5.96 Å². The fourth-order valence-electron chi connectivity index (χ4n) is 2.69. The number of aromatic hydroxyl groups is 1. The number of rotatable bonds is 2. The van der Waals surface area contributed by atoms with Crippen molar-refractivity contribution in [2.24, 2.45) is 10.7 Å². The number of fused-ring (bicyclic) bond motifs is 1. The normalized spacial score (nSPS) is 17.9. The van der Waals surface area contributed by atoms with E-state index in [1.165, 1.54) is 7.11 Å². The Morgan fingerprint density at radius 1 is 1.59 bits per heavy atom. The molecule has 1 atom stereocenters. The maximum absolute atomic E-state index is 12.1. The van der Waals surface area contributed by atoms with Crippen molar-refractivity contribution in [1.29, 1.82) is 0 Å². The van der Waals surface area contributed by atoms with Crippen LogP contribution in [0.1, 0.15) is 22.1 Å². The Kier molecular flexibility index (Phi) is 3.48. The van der Waals surface area contributed by atoms with E-state index in [2.05, 4.69) is 25.9 Å². The number of nitrogens with two attached hydrogens (primary N) is 1. The molecule has 116 valence electrons. The lowest BCUT2D eigenvalue weighted by atomic mass is 10.0. The number of nitrogens with one attached hydrogen (secondary N) is 1. The van der Waals surface area contributed by atoms with E-state index in [-0.39, 0.29) is 11.8 Å². The zero-order chi connectivity index (χ0) is 16.0. The Labute approximate surface area is 134 Å². The minimum atomic E-state index is -0.472. The van der Waals surface area contributed by atoms with Crippen LogP contribution in [0.3, 0.4) is 0 Å². The number of ether oxygens (including phenoxy) is 1. The van der Waals surface area contributed by atoms with E-state index in [1.807, 2.05) is 11.9 Å². The molecule has 1 aromatic heterocycles. The number of aliphatic imine (C=N–C) groups is 1. The van der Waals surface area contributed by atoms with Gasteiger partial charge in [0.1, 0.15) is 11.4 Å². The van der Waals surface area contributed by atoms with Gasteiger partial charge in [0.05, 0.1) is 29.7 Å². The Balaban J connectivity index is 2.25. The number of hydrogen-bond acceptors (Lipinski definition) is 6. The second-order valence-electron chi connectivity index (χ2n) is 5.08. The molecule has 2 aromatic rings. The third kappa shape index (κ3) is 2.10. The number of esters is 1. The van der Waals surface area contributed by atoms with E-state index >= 15 is 0 Å². The minimum absolute atomic E-state index is 0.0901. The monoisotopic (exact) mass is 366 g/mol. The van der Waals surface area contributed by atoms with Crippen molar-refractivity contribution >= 4 is 38.8 Å². The molecule has 1 unspecified atom stereocenters. The number of nitrogens with zero attached hydrogens (tertiary/aromatic N) is 2. The third-order valence-electron chi connectivity index (χ3n) is 3.88. The summed E-state index contributed by atoms with van der Waals surface area (Å²) >= 11 is 3.30. The fourth-order valence-corrected chi connectivity index (χ4v) is 3.04. The van der Waals surface area contributed by atoms with Crippen LogP contribution in [-0.2, 0) is 4.74 Å². The van der Waals surface area contributed by atoms with Gasteiger partial charge in [-0.25, -0.2) is 4.79 Å². The highest BCUT2D eigenvalue weighted by molar-refractivity contribution is 9.10. The number of aromatic nitrogens is 1. The number of methoxy groups -OCH3 is 1. The first-order valence-corrected chi connectivity index (χ1v) is 7.38. The summed E-state index contributed by atoms with van der Waals surface area (Å²) in [5.74, 6) is 0.0425. The highest BCUT2D eigenvalue weighted by Gasteiger charge is 2.32. The summed E-state index contributed by atoms with van der Waals surface area (Å²) in [6, 6.07) is 3.17. The molecule has 2 heterocycles. The molecule has 0 saturated heterocycles. The highest BCUT2D eigenvalue weighted by atomic mass is 79.9. The molecule has 0 fully saturated rings. The summed E-state index contributed by atoms with van der Waals surface area (Å²) in [6.07, 6.45) is 0. The lowest BCUT2D eigenvalue weighted by Crippen LogP contribution is -2.32. The predicted octanol–water partition coefficient (Wildman–Crippen LogP) is 1.72. The van der Waals surface area contributed by atoms with Gasteiger partial charge in [-0.1, -0.05) is 0 Å². The maximum atomic E-state index is 12.1. The maximum Gasteiger partial charge on any atom is 0.354 e. The molecular formula is C14H15BrN4O3. The van der Waals surface area contributed by atoms with Crippen LogP contribution in [-0.4, -0.2) is 47.6 Å². The summed E-state index contributed by atoms with van der Waals surface area (Å²) in [6.45, 7) is 0.456. The molecule has 0 bridgehead atoms. The van der Waals surface area contributed by atoms with Crippen LogP contribution >= 0.6 is 15.9 Å². The van der Waals surface area contributed by atoms with Gasteiger partial charge in [0, 0.05) is 24.1 Å². The van der Waals surface area contributed by atoms with Crippen molar-refractivity contribution in [3.05, 3.63) is 27.9 Å². The van der Waals surface area contributed by atoms with Crippen molar-refractivity contribution in [2.75, 3.05) is 20.7 Å². The number of likely N-dealkylation sites (N-methyl/N-ethyl adjacent to an activating group) is 1. The fraction of sp³-hybridized carbons (Fsp3) is 0.286. The van der Waals surface area contributed by atoms with Crippen molar-refractivity contribution in [3.63, 3.8) is 0 Å². The summed E-state index contributed by atoms with van der Waals surface area (Å²) in [5.41, 5.74) is 7.58. The molecule has 7 nitrogen and oxygen atoms in total. The van der Waals surface area contributed by atoms with Crippen molar-refractivity contribution < 1.29 is 14.6 Å². The summed E-state index contributed by atoms with van der Waals surface area (Å²) < 4.78 is 5.40. The lowest BCUT2D eigenvalue weighted by molar-refractivity contribution is 0.0592. The number of phenols is 1. The average Bonchev–Trinajstić information content (AvgIpc) is 3.00. The van der Waals surface area contributed by atoms with Gasteiger partial charge in [-0.05, 0) is 22.0 Å². The number of phenolic OH excluding ortho intramolecular Hbond substituents is 1. The standard InChI is InChI=1S/C14H15BrN4O3/c1-19-9(5-17-14(19)16)11-6-3-7(15)10(20)4-8(6)18-12(11)13(21)22-2/h3-4,9,18,20H,5H2,1-2H3,(H2,16,17). The number of carbonyl (C=O) groups excluding carboxylic acids is 1. The van der Waals surface area contributed by atoms with Gasteiger partial charge >= 0.3 is 5.97 Å². The number of aromatic amines is 1. The van der Waals surface area contributed by atoms with Crippen LogP contribution in [0.25, 0.3) is 10.9 Å². The minimum Gasteiger partial charge on any atom is -0.507 e. The largest absolute Gasteiger partial charge is 0.507 e. The molecule has 3 rings (SSSR count). The van der Waals surface area contributed by atoms with Crippen LogP contribution < -0.4 is 5.73 Å². The molecule has 1 aliphatic rings. The zero-order valence-electron chi connectivity index (χ0n) is 12.1. The molecule has 0 radical (unpaired) electrons. The molecule has 1 aromatic carbocycles. The van der Waals surface area contributed by atoms with Crippen molar-refractivity contribution in [1.82, 2.24) is 9.88 Å². The number of carbonyl (C=O) groups is 1. The van der Waals surface area contributed by atoms with Crippen LogP contribution in [0.15, 0.2) is 21.6 Å². The first kappa shape index (κ1) is 14.7. The molecule has 0 amide bonds. The third-order valence-corrected chi connectivity index (χ3v) is 4.52. The molecule has 0 saturated carbocycles. The zero-order valence-corrected chi connectivity index (χ0v) is 13.6. The van der Waals surface area contributed by atoms with E-state index < -0.39 is 5.97 Å². The van der Waals surface area contributed by atoms with Crippen molar-refractivity contribution in [2.45, 2.75) is 6.04 Å². The predicted molar refractivity (Wildman–Crippen MR) is 86.0 cm³/mol. The Bertz CT molecular complexity index is 799. The Hall–Kier alpha value is -2.22. The van der Waals surface area contributed by atoms with E-state index in [9.17, 15) is 9.90 Å². The second-order valence-corrected chi connectivity index (χ2v) is 5.93. The molecule has 0 spiro atoms. The summed E-state index contributed by atoms with van der Waals surface area (Å²) in [4.78, 5) is 21.2. The molecule has 4 N–H and O–H groups in total. The summed E-state index contributed by atoms with van der Waals surface area (Å²) in [7, 11) is 3.15. The first-order valence-electron chi connectivity index (χ1n) is 6.59. The highest BCUT2D eigenvalue weighted by Crippen LogP contribution is 2.38. The number of guanidine groups is 1. The number of hydrogen-bond donors (Lipinski definition) is 3. The first-order chi connectivity index (χ1) is 10.4. The van der Waals surface area contributed by atoms with Crippen LogP contribution in [0.5, 0.6) is 5.75 Å². The van der Waals surface area contributed by atoms with E-state index in [4.69, 9.17) is 10.5 Å². The Morgan fingerprint density at radius 2 is 2.32 bits per heavy atom. The van der Waals surface area contributed by atoms with Gasteiger partial charge in [-0.2, -0.15) is 0 Å². The van der Waals surface area contributed by atoms with Gasteiger partial charge < -0.3 is 25.5 Å². The summed E-state index contributed by atoms with van der Waals surface area (Å²) in [5, 5.41) is 10.6. The molecule has 22 heavy (non-hydrogen) atoms. The Morgan fingerprint density at radius 3 is 2.91 bits per heavy atom. The topological polar surface area (TPSA) is 104 Å². The SMILES string of the molecule is COC(=O)c1[nH]c2cc(O)c(Br)cc2c1C1CN=C(N)N1C. The van der Waals surface area contributed by atoms with Gasteiger partial charge in [-0.3, -0.25) is 4.99 Å². The van der Waals surface area contributed by atoms with E-state index in [0.717, 1.165) is 10.9 Å². The lowest BCUT2D eigenvalue weighted by Gasteiger charge is -2.22. The molecule has 0 aliphatic carbocycles. The van der Waals surface area contributed by atoms with Gasteiger partial charge in [0.25, 0.3) is 0 Å². The van der Waals surface area contributed by atoms with Gasteiger partial charge in [-0.15, -0.1) is 0 Å². The second kappa shape index (κ2) is 5.20. The number of benzene rings is 1. The molecular weight excluding hydrogens is 352 g/mol.